The average molecular weight is 209 g/mol. The maximum absolute atomic E-state index is 8.29. The fourth-order valence-corrected chi connectivity index (χ4v) is 2.98. The minimum atomic E-state index is 0.365. The molecule has 1 atom stereocenters. The molecular weight excluding hydrogens is 202 g/mol. The van der Waals surface area contributed by atoms with Crippen LogP contribution in [-0.4, -0.2) is 11.1 Å². The van der Waals surface area contributed by atoms with Gasteiger partial charge >= 0.3 is 0 Å². The summed E-state index contributed by atoms with van der Waals surface area (Å²) >= 11 is 3.38. The number of rotatable bonds is 1. The van der Waals surface area contributed by atoms with Crippen LogP contribution >= 0.6 is 23.1 Å². The Bertz CT molecular complexity index is 374. The molecule has 2 nitrogen and oxygen atoms in total. The van der Waals surface area contributed by atoms with Crippen LogP contribution < -0.4 is 0 Å². The van der Waals surface area contributed by atoms with Gasteiger partial charge in [0.2, 0.25) is 0 Å². The van der Waals surface area contributed by atoms with Crippen molar-refractivity contribution in [1.82, 2.24) is 0 Å². The van der Waals surface area contributed by atoms with Gasteiger partial charge in [-0.3, -0.25) is 0 Å². The van der Waals surface area contributed by atoms with Gasteiger partial charge in [0.05, 0.1) is 10.2 Å². The Morgan fingerprint density at radius 2 is 2.46 bits per heavy atom. The molecule has 1 aromatic heterocycles. The van der Waals surface area contributed by atoms with E-state index in [0.717, 1.165) is 4.91 Å². The lowest BCUT2D eigenvalue weighted by Crippen LogP contribution is -1.78. The van der Waals surface area contributed by atoms with Crippen LogP contribution in [0.1, 0.15) is 10.1 Å². The molecule has 1 unspecified atom stereocenters. The summed E-state index contributed by atoms with van der Waals surface area (Å²) in [5, 5.41) is 13.6. The topological polar surface area (TPSA) is 32.6 Å². The fourth-order valence-electron chi connectivity index (χ4n) is 1.11. The van der Waals surface area contributed by atoms with Crippen molar-refractivity contribution in [2.45, 2.75) is 5.25 Å². The number of thioether (sulfide) groups is 1. The molecule has 0 saturated heterocycles. The summed E-state index contributed by atoms with van der Waals surface area (Å²) in [6, 6.07) is 4.14. The third-order valence-corrected chi connectivity index (χ3v) is 3.91. The van der Waals surface area contributed by atoms with Gasteiger partial charge < -0.3 is 5.21 Å². The molecule has 0 saturated carbocycles. The van der Waals surface area contributed by atoms with Gasteiger partial charge in [-0.15, -0.1) is 23.1 Å². The normalized spacial score (nSPS) is 20.3. The number of allylic oxidation sites excluding steroid dienone is 1. The molecule has 4 heteroatoms. The maximum Gasteiger partial charge on any atom is 0.0729 e. The molecule has 0 fully saturated rings. The summed E-state index contributed by atoms with van der Waals surface area (Å²) in [6.45, 7) is 0. The minimum Gasteiger partial charge on any atom is -0.404 e. The quantitative estimate of drug-likeness (QED) is 0.438. The van der Waals surface area contributed by atoms with Gasteiger partial charge in [-0.05, 0) is 22.7 Å². The molecule has 1 aliphatic rings. The van der Waals surface area contributed by atoms with Crippen molar-refractivity contribution in [2.75, 3.05) is 0 Å². The molecular formula is C9H7NOS2. The summed E-state index contributed by atoms with van der Waals surface area (Å²) < 4.78 is 0. The summed E-state index contributed by atoms with van der Waals surface area (Å²) in [4.78, 5) is 2.19. The van der Waals surface area contributed by atoms with E-state index in [1.165, 1.54) is 4.88 Å². The molecule has 0 radical (unpaired) electrons. The van der Waals surface area contributed by atoms with E-state index in [0.29, 0.717) is 5.25 Å². The lowest BCUT2D eigenvalue weighted by molar-refractivity contribution is 0.323. The van der Waals surface area contributed by atoms with Crippen LogP contribution in [0.2, 0.25) is 0 Å². The van der Waals surface area contributed by atoms with E-state index in [2.05, 4.69) is 28.5 Å². The van der Waals surface area contributed by atoms with E-state index in [9.17, 15) is 0 Å². The number of hydrogen-bond donors (Lipinski definition) is 1. The van der Waals surface area contributed by atoms with Gasteiger partial charge in [0.1, 0.15) is 0 Å². The molecule has 1 aromatic rings. The Labute approximate surface area is 84.3 Å². The molecule has 13 heavy (non-hydrogen) atoms. The highest BCUT2D eigenvalue weighted by Crippen LogP contribution is 2.42. The molecule has 0 bridgehead atoms. The van der Waals surface area contributed by atoms with Crippen LogP contribution in [0.4, 0.5) is 0 Å². The lowest BCUT2D eigenvalue weighted by atomic mass is 10.3. The van der Waals surface area contributed by atoms with Crippen LogP contribution in [0.5, 0.6) is 0 Å². The largest absolute Gasteiger partial charge is 0.404 e. The number of nitrogens with zero attached hydrogens (tertiary/aromatic N) is 1. The van der Waals surface area contributed by atoms with Gasteiger partial charge in [-0.1, -0.05) is 12.1 Å². The van der Waals surface area contributed by atoms with E-state index in [1.54, 1.807) is 23.1 Å². The molecule has 0 aliphatic carbocycles. The molecule has 2 heterocycles. The van der Waals surface area contributed by atoms with Crippen molar-refractivity contribution in [2.24, 2.45) is 5.16 Å². The van der Waals surface area contributed by atoms with Gasteiger partial charge in [-0.2, -0.15) is 0 Å². The summed E-state index contributed by atoms with van der Waals surface area (Å²) in [7, 11) is 0. The predicted molar refractivity (Wildman–Crippen MR) is 56.5 cm³/mol. The van der Waals surface area contributed by atoms with E-state index in [1.807, 2.05) is 12.1 Å². The van der Waals surface area contributed by atoms with Crippen molar-refractivity contribution in [1.29, 1.82) is 0 Å². The first kappa shape index (κ1) is 8.63. The van der Waals surface area contributed by atoms with Crippen LogP contribution in [0.3, 0.4) is 0 Å². The highest BCUT2D eigenvalue weighted by atomic mass is 32.2. The zero-order chi connectivity index (χ0) is 9.10. The fraction of sp³-hybridized carbons (Fsp3) is 0.111. The highest BCUT2D eigenvalue weighted by molar-refractivity contribution is 8.04. The highest BCUT2D eigenvalue weighted by Gasteiger charge is 2.16. The Balaban J connectivity index is 2.18. The summed E-state index contributed by atoms with van der Waals surface area (Å²) in [5.74, 6) is 2.51. The predicted octanol–water partition coefficient (Wildman–Crippen LogP) is 3.04. The van der Waals surface area contributed by atoms with Crippen LogP contribution in [0, 0.1) is 0 Å². The molecule has 2 rings (SSSR count). The molecule has 0 aromatic carbocycles. The second kappa shape index (κ2) is 3.83. The average Bonchev–Trinajstić information content (AvgIpc) is 2.70. The summed E-state index contributed by atoms with van der Waals surface area (Å²) in [6.07, 6.45) is 4.01. The van der Waals surface area contributed by atoms with Crippen molar-refractivity contribution in [3.63, 3.8) is 0 Å². The molecule has 0 spiro atoms. The molecule has 66 valence electrons. The van der Waals surface area contributed by atoms with E-state index in [4.69, 9.17) is 5.21 Å². The first-order chi connectivity index (χ1) is 6.40. The van der Waals surface area contributed by atoms with Crippen molar-refractivity contribution in [3.05, 3.63) is 39.4 Å². The van der Waals surface area contributed by atoms with Gasteiger partial charge in [0.15, 0.2) is 0 Å². The summed E-state index contributed by atoms with van der Waals surface area (Å²) in [5.41, 5.74) is 0. The van der Waals surface area contributed by atoms with E-state index in [-0.39, 0.29) is 0 Å². The molecule has 0 amide bonds. The third-order valence-electron chi connectivity index (χ3n) is 1.66. The minimum absolute atomic E-state index is 0.365. The second-order valence-corrected chi connectivity index (χ2v) is 4.65. The Kier molecular flexibility index (Phi) is 2.54. The van der Waals surface area contributed by atoms with Gasteiger partial charge in [0.25, 0.3) is 0 Å². The van der Waals surface area contributed by atoms with Gasteiger partial charge in [0, 0.05) is 10.7 Å². The van der Waals surface area contributed by atoms with Crippen molar-refractivity contribution in [3.8, 4) is 0 Å². The lowest BCUT2D eigenvalue weighted by Gasteiger charge is -2.01. The second-order valence-electron chi connectivity index (χ2n) is 2.49. The maximum atomic E-state index is 8.29. The Morgan fingerprint density at radius 3 is 3.15 bits per heavy atom. The Hall–Kier alpha value is -0.960. The van der Waals surface area contributed by atoms with E-state index < -0.39 is 0 Å². The monoisotopic (exact) mass is 209 g/mol. The Morgan fingerprint density at radius 1 is 1.54 bits per heavy atom. The van der Waals surface area contributed by atoms with Crippen molar-refractivity contribution < 1.29 is 5.21 Å². The zero-order valence-electron chi connectivity index (χ0n) is 6.68. The molecule has 1 N–H and O–H groups in total. The van der Waals surface area contributed by atoms with Gasteiger partial charge in [-0.25, -0.2) is 0 Å². The first-order valence-electron chi connectivity index (χ1n) is 3.75. The number of hydrogen-bond acceptors (Lipinski definition) is 4. The SMILES string of the molecule is ON=C=C1C=CC(c2cccs2)S1. The number of thiophene rings is 1. The smallest absolute Gasteiger partial charge is 0.0729 e. The standard InChI is InChI=1S/C9H7NOS2/c11-10-6-7-3-4-9(13-7)8-2-1-5-12-8/h1-5,9,11H. The zero-order valence-corrected chi connectivity index (χ0v) is 8.31. The van der Waals surface area contributed by atoms with E-state index >= 15 is 0 Å². The van der Waals surface area contributed by atoms with Crippen LogP contribution in [0.15, 0.2) is 39.7 Å². The third kappa shape index (κ3) is 1.86. The van der Waals surface area contributed by atoms with Crippen LogP contribution in [0.25, 0.3) is 0 Å². The van der Waals surface area contributed by atoms with Crippen molar-refractivity contribution >= 4 is 29.0 Å². The molecule has 1 aliphatic heterocycles. The van der Waals surface area contributed by atoms with Crippen LogP contribution in [-0.2, 0) is 0 Å². The first-order valence-corrected chi connectivity index (χ1v) is 5.51.